The zero-order chi connectivity index (χ0) is 23.6. The average molecular weight is 474 g/mol. The summed E-state index contributed by atoms with van der Waals surface area (Å²) in [5, 5.41) is 7.10. The maximum absolute atomic E-state index is 12.2. The topological polar surface area (TPSA) is 93.7 Å². The van der Waals surface area contributed by atoms with Crippen LogP contribution in [0.25, 0.3) is 0 Å². The van der Waals surface area contributed by atoms with Gasteiger partial charge in [0.05, 0.1) is 10.4 Å². The zero-order valence-electron chi connectivity index (χ0n) is 17.3. The van der Waals surface area contributed by atoms with E-state index in [9.17, 15) is 23.2 Å². The van der Waals surface area contributed by atoms with E-state index < -0.39 is 25.1 Å². The van der Waals surface area contributed by atoms with Gasteiger partial charge in [0.1, 0.15) is 5.75 Å². The van der Waals surface area contributed by atoms with Crippen LogP contribution >= 0.6 is 11.3 Å². The zero-order valence-corrected chi connectivity index (χ0v) is 18.1. The summed E-state index contributed by atoms with van der Waals surface area (Å²) in [5.41, 5.74) is 1.44. The highest BCUT2D eigenvalue weighted by molar-refractivity contribution is 7.12. The molecule has 172 valence electrons. The van der Waals surface area contributed by atoms with Crippen molar-refractivity contribution in [2.75, 3.05) is 18.5 Å². The van der Waals surface area contributed by atoms with Gasteiger partial charge in [0.2, 0.25) is 0 Å². The lowest BCUT2D eigenvalue weighted by atomic mass is 10.1. The predicted octanol–water partition coefficient (Wildman–Crippen LogP) is 4.12. The molecule has 1 heterocycles. The van der Waals surface area contributed by atoms with Gasteiger partial charge in [-0.1, -0.05) is 24.3 Å². The van der Waals surface area contributed by atoms with Gasteiger partial charge < -0.3 is 20.1 Å². The number of amides is 2. The molecule has 0 spiro atoms. The van der Waals surface area contributed by atoms with Crippen molar-refractivity contribution in [2.24, 2.45) is 0 Å². The number of nitrogens with one attached hydrogen (secondary N) is 2. The van der Waals surface area contributed by atoms with Crippen molar-refractivity contribution in [1.29, 1.82) is 0 Å². The summed E-state index contributed by atoms with van der Waals surface area (Å²) >= 11 is 1.30. The Labute approximate surface area is 192 Å². The third-order valence-electron chi connectivity index (χ3n) is 4.32. The summed E-state index contributed by atoms with van der Waals surface area (Å²) in [4.78, 5) is 36.8. The molecule has 3 aromatic rings. The summed E-state index contributed by atoms with van der Waals surface area (Å²) in [5.74, 6) is -1.42. The number of hydrogen-bond acceptors (Lipinski definition) is 6. The number of carbonyl (C=O) groups is 3. The SMILES string of the molecule is O=C(COC(=O)c1cccc(NC(=O)c2cccs2)c1)NCCc1ccc(OC(F)F)cc1. The lowest BCUT2D eigenvalue weighted by Gasteiger charge is -2.09. The average Bonchev–Trinajstić information content (AvgIpc) is 3.34. The molecule has 2 N–H and O–H groups in total. The Bertz CT molecular complexity index is 1090. The van der Waals surface area contributed by atoms with Crippen LogP contribution < -0.4 is 15.4 Å². The molecule has 2 aromatic carbocycles. The number of rotatable bonds is 10. The first-order valence-electron chi connectivity index (χ1n) is 9.83. The monoisotopic (exact) mass is 474 g/mol. The second-order valence-electron chi connectivity index (χ2n) is 6.71. The normalized spacial score (nSPS) is 10.5. The van der Waals surface area contributed by atoms with E-state index in [-0.39, 0.29) is 23.8 Å². The lowest BCUT2D eigenvalue weighted by Crippen LogP contribution is -2.30. The Morgan fingerprint density at radius 3 is 2.48 bits per heavy atom. The maximum Gasteiger partial charge on any atom is 0.387 e. The molecule has 33 heavy (non-hydrogen) atoms. The van der Waals surface area contributed by atoms with Crippen molar-refractivity contribution in [3.63, 3.8) is 0 Å². The first kappa shape index (κ1) is 23.9. The number of ether oxygens (including phenoxy) is 2. The summed E-state index contributed by atoms with van der Waals surface area (Å²) in [6.07, 6.45) is 0.459. The minimum Gasteiger partial charge on any atom is -0.452 e. The van der Waals surface area contributed by atoms with Crippen LogP contribution in [0.3, 0.4) is 0 Å². The van der Waals surface area contributed by atoms with Crippen molar-refractivity contribution in [3.05, 3.63) is 82.0 Å². The van der Waals surface area contributed by atoms with Crippen LogP contribution in [0.2, 0.25) is 0 Å². The number of halogens is 2. The van der Waals surface area contributed by atoms with Crippen LogP contribution in [0.1, 0.15) is 25.6 Å². The highest BCUT2D eigenvalue weighted by Gasteiger charge is 2.13. The van der Waals surface area contributed by atoms with Gasteiger partial charge in [0.25, 0.3) is 11.8 Å². The molecule has 0 aliphatic heterocycles. The second kappa shape index (κ2) is 11.7. The lowest BCUT2D eigenvalue weighted by molar-refractivity contribution is -0.124. The number of hydrogen-bond donors (Lipinski definition) is 2. The van der Waals surface area contributed by atoms with E-state index >= 15 is 0 Å². The van der Waals surface area contributed by atoms with E-state index in [1.54, 1.807) is 41.8 Å². The number of carbonyl (C=O) groups excluding carboxylic acids is 3. The predicted molar refractivity (Wildman–Crippen MR) is 119 cm³/mol. The van der Waals surface area contributed by atoms with E-state index in [0.29, 0.717) is 17.0 Å². The van der Waals surface area contributed by atoms with Gasteiger partial charge in [0, 0.05) is 12.2 Å². The van der Waals surface area contributed by atoms with E-state index in [4.69, 9.17) is 4.74 Å². The summed E-state index contributed by atoms with van der Waals surface area (Å²) in [6, 6.07) is 15.7. The number of benzene rings is 2. The molecule has 1 aromatic heterocycles. The summed E-state index contributed by atoms with van der Waals surface area (Å²) < 4.78 is 33.6. The Kier molecular flexibility index (Phi) is 8.48. The van der Waals surface area contributed by atoms with Gasteiger partial charge in [0.15, 0.2) is 6.61 Å². The van der Waals surface area contributed by atoms with E-state index in [1.807, 2.05) is 0 Å². The fourth-order valence-corrected chi connectivity index (χ4v) is 3.39. The van der Waals surface area contributed by atoms with Gasteiger partial charge in [-0.05, 0) is 53.8 Å². The van der Waals surface area contributed by atoms with Crippen LogP contribution in [-0.2, 0) is 16.0 Å². The molecule has 0 fully saturated rings. The molecule has 10 heteroatoms. The first-order valence-corrected chi connectivity index (χ1v) is 10.7. The van der Waals surface area contributed by atoms with Crippen molar-refractivity contribution < 1.29 is 32.6 Å². The van der Waals surface area contributed by atoms with Crippen LogP contribution in [0, 0.1) is 0 Å². The molecular formula is C23H20F2N2O5S. The summed E-state index contributed by atoms with van der Waals surface area (Å²) in [7, 11) is 0. The molecule has 0 bridgehead atoms. The first-order chi connectivity index (χ1) is 15.9. The van der Waals surface area contributed by atoms with Crippen molar-refractivity contribution in [2.45, 2.75) is 13.0 Å². The highest BCUT2D eigenvalue weighted by atomic mass is 32.1. The number of anilines is 1. The van der Waals surface area contributed by atoms with Crippen LogP contribution in [0.5, 0.6) is 5.75 Å². The maximum atomic E-state index is 12.2. The van der Waals surface area contributed by atoms with Gasteiger partial charge in [-0.2, -0.15) is 8.78 Å². The van der Waals surface area contributed by atoms with Gasteiger partial charge in [-0.25, -0.2) is 4.79 Å². The number of alkyl halides is 2. The third kappa shape index (κ3) is 7.69. The molecule has 3 rings (SSSR count). The fourth-order valence-electron chi connectivity index (χ4n) is 2.77. The molecule has 2 amide bonds. The minimum atomic E-state index is -2.88. The van der Waals surface area contributed by atoms with Gasteiger partial charge in [-0.3, -0.25) is 9.59 Å². The highest BCUT2D eigenvalue weighted by Crippen LogP contribution is 2.16. The molecule has 7 nitrogen and oxygen atoms in total. The molecule has 0 saturated heterocycles. The van der Waals surface area contributed by atoms with Crippen molar-refractivity contribution >= 4 is 34.8 Å². The fraction of sp³-hybridized carbons (Fsp3) is 0.174. The van der Waals surface area contributed by atoms with Gasteiger partial charge in [-0.15, -0.1) is 11.3 Å². The molecule has 0 aliphatic carbocycles. The standard InChI is InChI=1S/C23H20F2N2O5S/c24-23(25)32-18-8-6-15(7-9-18)10-11-26-20(28)14-31-22(30)16-3-1-4-17(13-16)27-21(29)19-5-2-12-33-19/h1-9,12-13,23H,10-11,14H2,(H,26,28)(H,27,29). The largest absolute Gasteiger partial charge is 0.452 e. The molecule has 0 saturated carbocycles. The smallest absolute Gasteiger partial charge is 0.387 e. The van der Waals surface area contributed by atoms with Crippen LogP contribution in [0.15, 0.2) is 66.0 Å². The van der Waals surface area contributed by atoms with Crippen molar-refractivity contribution in [1.82, 2.24) is 5.32 Å². The molecule has 0 radical (unpaired) electrons. The van der Waals surface area contributed by atoms with Crippen molar-refractivity contribution in [3.8, 4) is 5.75 Å². The van der Waals surface area contributed by atoms with Crippen LogP contribution in [0.4, 0.5) is 14.5 Å². The molecule has 0 aliphatic rings. The van der Waals surface area contributed by atoms with E-state index in [0.717, 1.165) is 5.56 Å². The third-order valence-corrected chi connectivity index (χ3v) is 5.19. The van der Waals surface area contributed by atoms with E-state index in [2.05, 4.69) is 15.4 Å². The number of esters is 1. The number of thiophene rings is 1. The Morgan fingerprint density at radius 1 is 1.00 bits per heavy atom. The Hall–Kier alpha value is -3.79. The molecular weight excluding hydrogens is 454 g/mol. The van der Waals surface area contributed by atoms with E-state index in [1.165, 1.54) is 35.6 Å². The second-order valence-corrected chi connectivity index (χ2v) is 7.66. The Balaban J connectivity index is 1.41. The summed E-state index contributed by atoms with van der Waals surface area (Å²) in [6.45, 7) is -3.08. The Morgan fingerprint density at radius 2 is 1.79 bits per heavy atom. The minimum absolute atomic E-state index is 0.0554. The van der Waals surface area contributed by atoms with Gasteiger partial charge >= 0.3 is 12.6 Å². The quantitative estimate of drug-likeness (QED) is 0.431. The molecule has 0 unspecified atom stereocenters. The van der Waals surface area contributed by atoms with Crippen LogP contribution in [-0.4, -0.2) is 37.5 Å². The molecule has 0 atom stereocenters.